The lowest BCUT2D eigenvalue weighted by molar-refractivity contribution is -0.139. The van der Waals surface area contributed by atoms with Crippen LogP contribution in [0.15, 0.2) is 59.5 Å². The van der Waals surface area contributed by atoms with E-state index in [0.717, 1.165) is 11.1 Å². The monoisotopic (exact) mass is 402 g/mol. The molecule has 1 fully saturated rings. The Kier molecular flexibility index (Phi) is 6.83. The molecule has 1 N–H and O–H groups in total. The fourth-order valence-electron chi connectivity index (χ4n) is 3.15. The van der Waals surface area contributed by atoms with Crippen molar-refractivity contribution < 1.29 is 17.9 Å². The molecule has 6 nitrogen and oxygen atoms in total. The molecule has 2 aromatic carbocycles. The van der Waals surface area contributed by atoms with Crippen LogP contribution in [0.2, 0.25) is 0 Å². The van der Waals surface area contributed by atoms with Crippen molar-refractivity contribution in [1.29, 1.82) is 0 Å². The maximum absolute atomic E-state index is 12.5. The van der Waals surface area contributed by atoms with Gasteiger partial charge in [-0.15, -0.1) is 0 Å². The third kappa shape index (κ3) is 5.41. The number of morpholine rings is 1. The first-order valence-electron chi connectivity index (χ1n) is 9.46. The maximum Gasteiger partial charge on any atom is 0.240 e. The van der Waals surface area contributed by atoms with Crippen molar-refractivity contribution in [2.45, 2.75) is 30.8 Å². The third-order valence-electron chi connectivity index (χ3n) is 4.78. The lowest BCUT2D eigenvalue weighted by atomic mass is 10.1. The Morgan fingerprint density at radius 2 is 1.86 bits per heavy atom. The number of nitrogens with zero attached hydrogens (tertiary/aromatic N) is 1. The van der Waals surface area contributed by atoms with Gasteiger partial charge >= 0.3 is 0 Å². The number of hydrogen-bond donors (Lipinski definition) is 1. The number of benzene rings is 2. The van der Waals surface area contributed by atoms with Crippen molar-refractivity contribution in [2.75, 3.05) is 26.2 Å². The highest BCUT2D eigenvalue weighted by Crippen LogP contribution is 2.22. The van der Waals surface area contributed by atoms with E-state index in [9.17, 15) is 13.2 Å². The van der Waals surface area contributed by atoms with E-state index in [-0.39, 0.29) is 23.5 Å². The largest absolute Gasteiger partial charge is 0.370 e. The minimum atomic E-state index is -3.54. The second-order valence-electron chi connectivity index (χ2n) is 6.92. The number of ether oxygens (including phenoxy) is 1. The van der Waals surface area contributed by atoms with Gasteiger partial charge in [0.25, 0.3) is 0 Å². The number of amides is 1. The van der Waals surface area contributed by atoms with Gasteiger partial charge in [0.2, 0.25) is 15.9 Å². The predicted octanol–water partition coefficient (Wildman–Crippen LogP) is 2.65. The molecule has 7 heteroatoms. The van der Waals surface area contributed by atoms with Gasteiger partial charge in [0.1, 0.15) is 6.10 Å². The summed E-state index contributed by atoms with van der Waals surface area (Å²) < 4.78 is 32.9. The summed E-state index contributed by atoms with van der Waals surface area (Å²) in [5.74, 6) is 0.0266. The van der Waals surface area contributed by atoms with E-state index in [2.05, 4.69) is 4.72 Å². The summed E-state index contributed by atoms with van der Waals surface area (Å²) in [6, 6.07) is 16.6. The first kappa shape index (κ1) is 20.5. The molecule has 150 valence electrons. The Morgan fingerprint density at radius 3 is 2.57 bits per heavy atom. The highest BCUT2D eigenvalue weighted by Gasteiger charge is 2.25. The van der Waals surface area contributed by atoms with E-state index < -0.39 is 10.0 Å². The molecule has 1 saturated heterocycles. The van der Waals surface area contributed by atoms with Gasteiger partial charge in [-0.25, -0.2) is 13.1 Å². The molecule has 0 saturated carbocycles. The molecule has 1 aliphatic heterocycles. The topological polar surface area (TPSA) is 75.7 Å². The Labute approximate surface area is 166 Å². The van der Waals surface area contributed by atoms with E-state index in [4.69, 9.17) is 4.74 Å². The zero-order valence-electron chi connectivity index (χ0n) is 16.0. The quantitative estimate of drug-likeness (QED) is 0.723. The van der Waals surface area contributed by atoms with Gasteiger partial charge in [0.15, 0.2) is 0 Å². The third-order valence-corrected chi connectivity index (χ3v) is 6.26. The van der Waals surface area contributed by atoms with Crippen LogP contribution in [0.1, 0.15) is 30.1 Å². The normalized spacial score (nSPS) is 17.5. The fourth-order valence-corrected chi connectivity index (χ4v) is 4.22. The molecule has 0 bridgehead atoms. The minimum absolute atomic E-state index is 0.0266. The number of hydrogen-bond acceptors (Lipinski definition) is 4. The molecule has 1 unspecified atom stereocenters. The van der Waals surface area contributed by atoms with Crippen LogP contribution < -0.4 is 4.72 Å². The minimum Gasteiger partial charge on any atom is -0.370 e. The van der Waals surface area contributed by atoms with Gasteiger partial charge in [-0.1, -0.05) is 48.0 Å². The number of carbonyl (C=O) groups excluding carboxylic acids is 1. The molecule has 1 heterocycles. The van der Waals surface area contributed by atoms with E-state index in [0.29, 0.717) is 32.5 Å². The summed E-state index contributed by atoms with van der Waals surface area (Å²) in [4.78, 5) is 14.5. The zero-order valence-corrected chi connectivity index (χ0v) is 16.8. The second kappa shape index (κ2) is 9.32. The van der Waals surface area contributed by atoms with Crippen molar-refractivity contribution in [3.63, 3.8) is 0 Å². The summed E-state index contributed by atoms with van der Waals surface area (Å²) in [5.41, 5.74) is 2.06. The summed E-state index contributed by atoms with van der Waals surface area (Å²) in [5, 5.41) is 0. The molecule has 0 radical (unpaired) electrons. The van der Waals surface area contributed by atoms with Crippen molar-refractivity contribution in [1.82, 2.24) is 9.62 Å². The van der Waals surface area contributed by atoms with Gasteiger partial charge in [-0.05, 0) is 31.0 Å². The van der Waals surface area contributed by atoms with Crippen LogP contribution in [0, 0.1) is 6.92 Å². The summed E-state index contributed by atoms with van der Waals surface area (Å²) in [6.07, 6.45) is 0.647. The maximum atomic E-state index is 12.5. The molecule has 0 aromatic heterocycles. The summed E-state index contributed by atoms with van der Waals surface area (Å²) in [7, 11) is -3.54. The van der Waals surface area contributed by atoms with Crippen molar-refractivity contribution in [3.8, 4) is 0 Å². The Balaban J connectivity index is 1.46. The molecule has 28 heavy (non-hydrogen) atoms. The van der Waals surface area contributed by atoms with Gasteiger partial charge in [0, 0.05) is 19.5 Å². The molecule has 0 aliphatic carbocycles. The molecule has 1 amide bonds. The smallest absolute Gasteiger partial charge is 0.240 e. The molecule has 1 atom stereocenters. The van der Waals surface area contributed by atoms with Crippen molar-refractivity contribution in [3.05, 3.63) is 65.7 Å². The Morgan fingerprint density at radius 1 is 1.14 bits per heavy atom. The standard InChI is InChI=1S/C21H26N2O4S/c1-17-9-11-19(12-10-17)28(25,26)22-13-5-8-21(24)23-14-15-27-20(16-23)18-6-3-2-4-7-18/h2-4,6-7,9-12,20,22H,5,8,13-16H2,1H3. The first-order chi connectivity index (χ1) is 13.5. The van der Waals surface area contributed by atoms with Crippen LogP contribution >= 0.6 is 0 Å². The Bertz CT molecular complexity index is 882. The van der Waals surface area contributed by atoms with Crippen LogP contribution in [0.5, 0.6) is 0 Å². The van der Waals surface area contributed by atoms with E-state index >= 15 is 0 Å². The summed E-state index contributed by atoms with van der Waals surface area (Å²) >= 11 is 0. The van der Waals surface area contributed by atoms with Crippen LogP contribution in [0.4, 0.5) is 0 Å². The average molecular weight is 403 g/mol. The Hall–Kier alpha value is -2.22. The molecule has 3 rings (SSSR count). The van der Waals surface area contributed by atoms with E-state index in [1.165, 1.54) is 0 Å². The SMILES string of the molecule is Cc1ccc(S(=O)(=O)NCCCC(=O)N2CCOC(c3ccccc3)C2)cc1. The van der Waals surface area contributed by atoms with Crippen LogP contribution in [0.3, 0.4) is 0 Å². The highest BCUT2D eigenvalue weighted by molar-refractivity contribution is 7.89. The number of aryl methyl sites for hydroxylation is 1. The van der Waals surface area contributed by atoms with Crippen molar-refractivity contribution in [2.24, 2.45) is 0 Å². The molecular formula is C21H26N2O4S. The van der Waals surface area contributed by atoms with E-state index in [1.54, 1.807) is 29.2 Å². The lowest BCUT2D eigenvalue weighted by Crippen LogP contribution is -2.42. The van der Waals surface area contributed by atoms with Crippen LogP contribution in [-0.4, -0.2) is 45.5 Å². The second-order valence-corrected chi connectivity index (χ2v) is 8.69. The van der Waals surface area contributed by atoms with Gasteiger partial charge in [0.05, 0.1) is 18.0 Å². The number of nitrogens with one attached hydrogen (secondary N) is 1. The molecule has 1 aliphatic rings. The highest BCUT2D eigenvalue weighted by atomic mass is 32.2. The van der Waals surface area contributed by atoms with Gasteiger partial charge in [-0.3, -0.25) is 4.79 Å². The predicted molar refractivity (Wildman–Crippen MR) is 107 cm³/mol. The number of rotatable bonds is 7. The summed E-state index contributed by atoms with van der Waals surface area (Å²) in [6.45, 7) is 3.73. The van der Waals surface area contributed by atoms with Gasteiger partial charge in [-0.2, -0.15) is 0 Å². The average Bonchev–Trinajstić information content (AvgIpc) is 2.72. The molecule has 0 spiro atoms. The number of sulfonamides is 1. The fraction of sp³-hybridized carbons (Fsp3) is 0.381. The first-order valence-corrected chi connectivity index (χ1v) is 10.9. The van der Waals surface area contributed by atoms with Gasteiger partial charge < -0.3 is 9.64 Å². The van der Waals surface area contributed by atoms with Crippen LogP contribution in [0.25, 0.3) is 0 Å². The number of carbonyl (C=O) groups is 1. The molecule has 2 aromatic rings. The van der Waals surface area contributed by atoms with Crippen molar-refractivity contribution >= 4 is 15.9 Å². The van der Waals surface area contributed by atoms with E-state index in [1.807, 2.05) is 37.3 Å². The lowest BCUT2D eigenvalue weighted by Gasteiger charge is -2.33. The zero-order chi connectivity index (χ0) is 20.0. The molecular weight excluding hydrogens is 376 g/mol. The van der Waals surface area contributed by atoms with Crippen LogP contribution in [-0.2, 0) is 19.6 Å².